The Kier molecular flexibility index (Phi) is 2.68. The molecule has 76 valence electrons. The fourth-order valence-electron chi connectivity index (χ4n) is 1.92. The normalized spacial score (nSPS) is 22.2. The number of piperidine rings is 1. The highest BCUT2D eigenvalue weighted by molar-refractivity contribution is 5.31. The van der Waals surface area contributed by atoms with E-state index < -0.39 is 5.82 Å². The summed E-state index contributed by atoms with van der Waals surface area (Å²) in [6.45, 7) is 1.98. The van der Waals surface area contributed by atoms with E-state index in [1.165, 1.54) is 12.1 Å². The van der Waals surface area contributed by atoms with Crippen molar-refractivity contribution < 1.29 is 9.50 Å². The van der Waals surface area contributed by atoms with Gasteiger partial charge in [-0.15, -0.1) is 0 Å². The van der Waals surface area contributed by atoms with Crippen LogP contribution in [-0.2, 0) is 0 Å². The average Bonchev–Trinajstić information content (AvgIpc) is 2.23. The molecule has 3 heteroatoms. The van der Waals surface area contributed by atoms with Crippen LogP contribution in [0.2, 0.25) is 0 Å². The quantitative estimate of drug-likeness (QED) is 0.718. The van der Waals surface area contributed by atoms with Gasteiger partial charge in [-0.1, -0.05) is 6.07 Å². The molecule has 0 radical (unpaired) electrons. The molecule has 2 nitrogen and oxygen atoms in total. The number of phenolic OH excluding ortho intramolecular Hbond substituents is 1. The molecule has 1 aromatic carbocycles. The SMILES string of the molecule is Oc1cc([C@@H]2CCCNC2)ccc1F. The summed E-state index contributed by atoms with van der Waals surface area (Å²) in [7, 11) is 0. The molecule has 2 rings (SSSR count). The highest BCUT2D eigenvalue weighted by Gasteiger charge is 2.16. The average molecular weight is 195 g/mol. The molecule has 0 saturated carbocycles. The third kappa shape index (κ3) is 1.87. The Hall–Kier alpha value is -1.09. The van der Waals surface area contributed by atoms with E-state index in [4.69, 9.17) is 0 Å². The van der Waals surface area contributed by atoms with Gasteiger partial charge in [-0.05, 0) is 43.0 Å². The van der Waals surface area contributed by atoms with Crippen molar-refractivity contribution in [1.82, 2.24) is 5.32 Å². The van der Waals surface area contributed by atoms with Gasteiger partial charge in [0.25, 0.3) is 0 Å². The number of aromatic hydroxyl groups is 1. The van der Waals surface area contributed by atoms with Crippen molar-refractivity contribution in [3.05, 3.63) is 29.6 Å². The molecule has 1 atom stereocenters. The molecule has 1 saturated heterocycles. The van der Waals surface area contributed by atoms with E-state index in [0.717, 1.165) is 31.5 Å². The Labute approximate surface area is 82.8 Å². The summed E-state index contributed by atoms with van der Waals surface area (Å²) in [6, 6.07) is 4.62. The van der Waals surface area contributed by atoms with Crippen LogP contribution in [0.3, 0.4) is 0 Å². The maximum Gasteiger partial charge on any atom is 0.164 e. The van der Waals surface area contributed by atoms with E-state index in [1.807, 2.05) is 0 Å². The van der Waals surface area contributed by atoms with Crippen molar-refractivity contribution in [1.29, 1.82) is 0 Å². The molecule has 1 aliphatic heterocycles. The molecule has 1 aliphatic rings. The zero-order valence-electron chi connectivity index (χ0n) is 7.96. The van der Waals surface area contributed by atoms with Crippen LogP contribution in [0.25, 0.3) is 0 Å². The Bertz CT molecular complexity index is 321. The zero-order chi connectivity index (χ0) is 9.97. The van der Waals surface area contributed by atoms with E-state index in [1.54, 1.807) is 6.07 Å². The largest absolute Gasteiger partial charge is 0.505 e. The van der Waals surface area contributed by atoms with Crippen LogP contribution < -0.4 is 5.32 Å². The topological polar surface area (TPSA) is 32.3 Å². The van der Waals surface area contributed by atoms with Crippen molar-refractivity contribution in [2.75, 3.05) is 13.1 Å². The van der Waals surface area contributed by atoms with Crippen LogP contribution in [0.15, 0.2) is 18.2 Å². The summed E-state index contributed by atoms with van der Waals surface area (Å²) in [5.74, 6) is -0.374. The maximum absolute atomic E-state index is 12.8. The monoisotopic (exact) mass is 195 g/mol. The number of phenols is 1. The van der Waals surface area contributed by atoms with E-state index >= 15 is 0 Å². The molecule has 1 fully saturated rings. The summed E-state index contributed by atoms with van der Waals surface area (Å²) >= 11 is 0. The van der Waals surface area contributed by atoms with Gasteiger partial charge in [0.2, 0.25) is 0 Å². The molecule has 14 heavy (non-hydrogen) atoms. The smallest absolute Gasteiger partial charge is 0.164 e. The first-order chi connectivity index (χ1) is 6.77. The first kappa shape index (κ1) is 9.46. The van der Waals surface area contributed by atoms with Crippen molar-refractivity contribution in [3.8, 4) is 5.75 Å². The zero-order valence-corrected chi connectivity index (χ0v) is 7.96. The summed E-state index contributed by atoms with van der Waals surface area (Å²) in [6.07, 6.45) is 2.25. The lowest BCUT2D eigenvalue weighted by Gasteiger charge is -2.23. The maximum atomic E-state index is 12.8. The van der Waals surface area contributed by atoms with Crippen molar-refractivity contribution >= 4 is 0 Å². The Morgan fingerprint density at radius 3 is 2.93 bits per heavy atom. The van der Waals surface area contributed by atoms with Crippen LogP contribution in [0.5, 0.6) is 5.75 Å². The lowest BCUT2D eigenvalue weighted by atomic mass is 9.91. The summed E-state index contributed by atoms with van der Waals surface area (Å²) < 4.78 is 12.8. The number of halogens is 1. The molecular weight excluding hydrogens is 181 g/mol. The Balaban J connectivity index is 2.18. The van der Waals surface area contributed by atoms with Gasteiger partial charge < -0.3 is 10.4 Å². The van der Waals surface area contributed by atoms with Crippen LogP contribution in [0.1, 0.15) is 24.3 Å². The Morgan fingerprint density at radius 2 is 2.29 bits per heavy atom. The minimum absolute atomic E-state index is 0.243. The summed E-state index contributed by atoms with van der Waals surface area (Å²) in [5.41, 5.74) is 1.02. The summed E-state index contributed by atoms with van der Waals surface area (Å²) in [5, 5.41) is 12.5. The lowest BCUT2D eigenvalue weighted by Crippen LogP contribution is -2.28. The predicted molar refractivity (Wildman–Crippen MR) is 52.9 cm³/mol. The van der Waals surface area contributed by atoms with Gasteiger partial charge in [-0.3, -0.25) is 0 Å². The van der Waals surface area contributed by atoms with E-state index in [-0.39, 0.29) is 5.75 Å². The van der Waals surface area contributed by atoms with Gasteiger partial charge in [0.15, 0.2) is 11.6 Å². The molecule has 0 spiro atoms. The molecule has 2 N–H and O–H groups in total. The highest BCUT2D eigenvalue weighted by atomic mass is 19.1. The molecule has 1 aromatic rings. The second kappa shape index (κ2) is 3.96. The number of hydrogen-bond acceptors (Lipinski definition) is 2. The Morgan fingerprint density at radius 1 is 1.43 bits per heavy atom. The van der Waals surface area contributed by atoms with E-state index in [9.17, 15) is 9.50 Å². The molecule has 0 unspecified atom stereocenters. The minimum atomic E-state index is -0.544. The predicted octanol–water partition coefficient (Wildman–Crippen LogP) is 2.00. The molecule has 0 aliphatic carbocycles. The van der Waals surface area contributed by atoms with Gasteiger partial charge in [0.05, 0.1) is 0 Å². The summed E-state index contributed by atoms with van der Waals surface area (Å²) in [4.78, 5) is 0. The van der Waals surface area contributed by atoms with E-state index in [2.05, 4.69) is 5.32 Å². The minimum Gasteiger partial charge on any atom is -0.505 e. The first-order valence-electron chi connectivity index (χ1n) is 4.96. The van der Waals surface area contributed by atoms with Gasteiger partial charge in [0.1, 0.15) is 0 Å². The first-order valence-corrected chi connectivity index (χ1v) is 4.96. The molecule has 1 heterocycles. The third-order valence-electron chi connectivity index (χ3n) is 2.74. The number of benzene rings is 1. The van der Waals surface area contributed by atoms with E-state index in [0.29, 0.717) is 5.92 Å². The van der Waals surface area contributed by atoms with Crippen molar-refractivity contribution in [3.63, 3.8) is 0 Å². The number of hydrogen-bond donors (Lipinski definition) is 2. The second-order valence-electron chi connectivity index (χ2n) is 3.75. The van der Waals surface area contributed by atoms with Crippen LogP contribution >= 0.6 is 0 Å². The van der Waals surface area contributed by atoms with Gasteiger partial charge in [-0.25, -0.2) is 4.39 Å². The van der Waals surface area contributed by atoms with Crippen LogP contribution in [0.4, 0.5) is 4.39 Å². The van der Waals surface area contributed by atoms with Crippen molar-refractivity contribution in [2.45, 2.75) is 18.8 Å². The fraction of sp³-hybridized carbons (Fsp3) is 0.455. The number of rotatable bonds is 1. The fourth-order valence-corrected chi connectivity index (χ4v) is 1.92. The highest BCUT2D eigenvalue weighted by Crippen LogP contribution is 2.27. The van der Waals surface area contributed by atoms with Gasteiger partial charge in [-0.2, -0.15) is 0 Å². The third-order valence-corrected chi connectivity index (χ3v) is 2.74. The number of nitrogens with one attached hydrogen (secondary N) is 1. The molecule has 0 amide bonds. The standard InChI is InChI=1S/C11H14FNO/c12-10-4-3-8(6-11(10)14)9-2-1-5-13-7-9/h3-4,6,9,13-14H,1-2,5,7H2/t9-/m1/s1. The molecular formula is C11H14FNO. The second-order valence-corrected chi connectivity index (χ2v) is 3.75. The lowest BCUT2D eigenvalue weighted by molar-refractivity contribution is 0.425. The van der Waals surface area contributed by atoms with Crippen LogP contribution in [-0.4, -0.2) is 18.2 Å². The van der Waals surface area contributed by atoms with Gasteiger partial charge >= 0.3 is 0 Å². The van der Waals surface area contributed by atoms with Crippen LogP contribution in [0, 0.1) is 5.82 Å². The molecule has 0 bridgehead atoms. The van der Waals surface area contributed by atoms with Crippen molar-refractivity contribution in [2.24, 2.45) is 0 Å². The van der Waals surface area contributed by atoms with Gasteiger partial charge in [0, 0.05) is 6.54 Å². The molecule has 0 aromatic heterocycles.